The topological polar surface area (TPSA) is 23.6 Å². The van der Waals surface area contributed by atoms with Gasteiger partial charge in [-0.2, -0.15) is 0 Å². The van der Waals surface area contributed by atoms with Gasteiger partial charge in [0.15, 0.2) is 5.78 Å². The molecular weight excluding hydrogens is 464 g/mol. The highest BCUT2D eigenvalue weighted by molar-refractivity contribution is 6.47. The zero-order valence-corrected chi connectivity index (χ0v) is 23.0. The van der Waals surface area contributed by atoms with Crippen molar-refractivity contribution in [3.05, 3.63) is 131 Å². The first-order chi connectivity index (χ1) is 18.1. The largest absolute Gasteiger partial charge is 0.347 e. The molecule has 3 nitrogen and oxygen atoms in total. The summed E-state index contributed by atoms with van der Waals surface area (Å²) in [6, 6.07) is 25.2. The molecule has 0 N–H and O–H groups in total. The number of hydrogen-bond donors (Lipinski definition) is 0. The highest BCUT2D eigenvalue weighted by atomic mass is 16.1. The van der Waals surface area contributed by atoms with E-state index in [2.05, 4.69) is 124 Å². The quantitative estimate of drug-likeness (QED) is 0.339. The van der Waals surface area contributed by atoms with E-state index in [0.29, 0.717) is 0 Å². The SMILES string of the molecule is CN1C(=CC=C2C(=O)C(=CC=C3N(C)c4ccccc4C3(C)C)c3ccccc32)C(C)(C)c2ccccc21. The van der Waals surface area contributed by atoms with E-state index in [9.17, 15) is 4.79 Å². The number of allylic oxidation sites excluding steroid dienone is 8. The fourth-order valence-electron chi connectivity index (χ4n) is 6.60. The minimum atomic E-state index is -0.139. The van der Waals surface area contributed by atoms with Crippen molar-refractivity contribution in [3.8, 4) is 0 Å². The molecule has 0 amide bonds. The van der Waals surface area contributed by atoms with Crippen LogP contribution in [-0.2, 0) is 15.6 Å². The number of para-hydroxylation sites is 2. The molecule has 2 heterocycles. The van der Waals surface area contributed by atoms with Crippen LogP contribution < -0.4 is 9.80 Å². The molecule has 0 saturated heterocycles. The Morgan fingerprint density at radius 3 is 1.32 bits per heavy atom. The molecule has 6 rings (SSSR count). The van der Waals surface area contributed by atoms with Gasteiger partial charge in [-0.05, 0) is 58.7 Å². The summed E-state index contributed by atoms with van der Waals surface area (Å²) in [4.78, 5) is 18.4. The molecular formula is C35H34N2O. The molecule has 1 aliphatic carbocycles. The Hall–Kier alpha value is -4.11. The van der Waals surface area contributed by atoms with Gasteiger partial charge in [0.05, 0.1) is 0 Å². The van der Waals surface area contributed by atoms with Crippen LogP contribution in [0.4, 0.5) is 11.4 Å². The van der Waals surface area contributed by atoms with Crippen molar-refractivity contribution in [3.63, 3.8) is 0 Å². The van der Waals surface area contributed by atoms with Gasteiger partial charge in [-0.15, -0.1) is 0 Å². The van der Waals surface area contributed by atoms with Gasteiger partial charge >= 0.3 is 0 Å². The molecule has 0 bridgehead atoms. The average Bonchev–Trinajstić information content (AvgIpc) is 3.37. The van der Waals surface area contributed by atoms with Gasteiger partial charge in [-0.3, -0.25) is 4.79 Å². The zero-order chi connectivity index (χ0) is 26.8. The number of carbonyl (C=O) groups excluding carboxylic acids is 1. The molecule has 0 radical (unpaired) electrons. The molecule has 3 aliphatic rings. The van der Waals surface area contributed by atoms with Crippen molar-refractivity contribution in [2.24, 2.45) is 0 Å². The van der Waals surface area contributed by atoms with Crippen LogP contribution in [0.5, 0.6) is 0 Å². The van der Waals surface area contributed by atoms with Crippen LogP contribution in [-0.4, -0.2) is 19.9 Å². The Morgan fingerprint density at radius 2 is 0.921 bits per heavy atom. The summed E-state index contributed by atoms with van der Waals surface area (Å²) >= 11 is 0. The Labute approximate surface area is 226 Å². The van der Waals surface area contributed by atoms with Crippen LogP contribution in [0.25, 0.3) is 11.1 Å². The number of nitrogens with zero attached hydrogens (tertiary/aromatic N) is 2. The zero-order valence-electron chi connectivity index (χ0n) is 23.0. The van der Waals surface area contributed by atoms with Crippen molar-refractivity contribution in [2.45, 2.75) is 38.5 Å². The molecule has 0 spiro atoms. The van der Waals surface area contributed by atoms with Gasteiger partial charge in [-0.25, -0.2) is 0 Å². The lowest BCUT2D eigenvalue weighted by atomic mass is 9.83. The number of benzene rings is 3. The third-order valence-corrected chi connectivity index (χ3v) is 8.69. The third-order valence-electron chi connectivity index (χ3n) is 8.69. The lowest BCUT2D eigenvalue weighted by Crippen LogP contribution is -2.22. The Balaban J connectivity index is 1.41. The van der Waals surface area contributed by atoms with Crippen LogP contribution in [0.2, 0.25) is 0 Å². The summed E-state index contributed by atoms with van der Waals surface area (Å²) in [5.41, 5.74) is 10.6. The molecule has 190 valence electrons. The first-order valence-electron chi connectivity index (χ1n) is 13.3. The average molecular weight is 499 g/mol. The van der Waals surface area contributed by atoms with Gasteiger partial charge < -0.3 is 9.80 Å². The lowest BCUT2D eigenvalue weighted by molar-refractivity contribution is -0.108. The standard InChI is InChI=1S/C35H34N2O/c1-34(2)27-15-9-11-17-29(27)36(5)31(34)21-19-25-23-13-7-8-14-24(23)26(33(25)38)20-22-32-35(3,4)28-16-10-12-18-30(28)37(32)6/h7-22H,1-6H3. The number of anilines is 2. The predicted molar refractivity (Wildman–Crippen MR) is 159 cm³/mol. The van der Waals surface area contributed by atoms with Crippen LogP contribution in [0.3, 0.4) is 0 Å². The smallest absolute Gasteiger partial charge is 0.194 e. The maximum absolute atomic E-state index is 13.9. The molecule has 0 fully saturated rings. The van der Waals surface area contributed by atoms with E-state index in [1.54, 1.807) is 0 Å². The summed E-state index contributed by atoms with van der Waals surface area (Å²) in [5, 5.41) is 0. The maximum Gasteiger partial charge on any atom is 0.194 e. The van der Waals surface area contributed by atoms with Crippen molar-refractivity contribution >= 4 is 28.3 Å². The second-order valence-corrected chi connectivity index (χ2v) is 11.5. The van der Waals surface area contributed by atoms with Gasteiger partial charge in [0.1, 0.15) is 0 Å². The summed E-state index contributed by atoms with van der Waals surface area (Å²) in [5.74, 6) is 0.0758. The van der Waals surface area contributed by atoms with Crippen molar-refractivity contribution in [1.29, 1.82) is 0 Å². The minimum absolute atomic E-state index is 0.0758. The Bertz CT molecular complexity index is 1490. The van der Waals surface area contributed by atoms with Gasteiger partial charge in [0.2, 0.25) is 0 Å². The molecule has 38 heavy (non-hydrogen) atoms. The molecule has 3 aromatic rings. The molecule has 0 atom stereocenters. The molecule has 0 saturated carbocycles. The van der Waals surface area contributed by atoms with E-state index in [1.807, 2.05) is 24.3 Å². The molecule has 2 aliphatic heterocycles. The number of hydrogen-bond acceptors (Lipinski definition) is 3. The van der Waals surface area contributed by atoms with Crippen molar-refractivity contribution in [2.75, 3.05) is 23.9 Å². The molecule has 0 aromatic heterocycles. The summed E-state index contributed by atoms with van der Waals surface area (Å²) in [6.45, 7) is 9.00. The van der Waals surface area contributed by atoms with Gasteiger partial charge in [0, 0.05) is 58.8 Å². The van der Waals surface area contributed by atoms with Gasteiger partial charge in [-0.1, -0.05) is 88.4 Å². The highest BCUT2D eigenvalue weighted by Gasteiger charge is 2.39. The van der Waals surface area contributed by atoms with E-state index in [-0.39, 0.29) is 16.6 Å². The van der Waals surface area contributed by atoms with E-state index in [4.69, 9.17) is 0 Å². The van der Waals surface area contributed by atoms with Crippen LogP contribution >= 0.6 is 0 Å². The Kier molecular flexibility index (Phi) is 5.39. The number of carbonyl (C=O) groups is 1. The van der Waals surface area contributed by atoms with Crippen molar-refractivity contribution in [1.82, 2.24) is 0 Å². The Morgan fingerprint density at radius 1 is 0.553 bits per heavy atom. The van der Waals surface area contributed by atoms with Crippen LogP contribution in [0, 0.1) is 0 Å². The summed E-state index contributed by atoms with van der Waals surface area (Å²) in [6.07, 6.45) is 8.32. The normalized spacial score (nSPS) is 23.1. The minimum Gasteiger partial charge on any atom is -0.347 e. The first kappa shape index (κ1) is 24.2. The second-order valence-electron chi connectivity index (χ2n) is 11.5. The molecule has 3 heteroatoms. The highest BCUT2D eigenvalue weighted by Crippen LogP contribution is 2.48. The van der Waals surface area contributed by atoms with E-state index in [1.165, 1.54) is 33.9 Å². The monoisotopic (exact) mass is 498 g/mol. The van der Waals surface area contributed by atoms with Crippen molar-refractivity contribution < 1.29 is 4.79 Å². The third kappa shape index (κ3) is 3.38. The van der Waals surface area contributed by atoms with E-state index < -0.39 is 0 Å². The second kappa shape index (κ2) is 8.46. The fourth-order valence-corrected chi connectivity index (χ4v) is 6.60. The van der Waals surface area contributed by atoms with Gasteiger partial charge in [0.25, 0.3) is 0 Å². The first-order valence-corrected chi connectivity index (χ1v) is 13.3. The number of ketones is 1. The molecule has 0 unspecified atom stereocenters. The lowest BCUT2D eigenvalue weighted by Gasteiger charge is -2.23. The van der Waals surface area contributed by atoms with E-state index >= 15 is 0 Å². The number of Topliss-reactive ketones (excluding diaryl/α,β-unsaturated/α-hetero) is 1. The summed E-state index contributed by atoms with van der Waals surface area (Å²) in [7, 11) is 4.22. The number of fused-ring (bicyclic) bond motifs is 3. The summed E-state index contributed by atoms with van der Waals surface area (Å²) < 4.78 is 0. The predicted octanol–water partition coefficient (Wildman–Crippen LogP) is 7.66. The van der Waals surface area contributed by atoms with E-state index in [0.717, 1.165) is 22.3 Å². The molecule has 3 aromatic carbocycles. The number of likely N-dealkylation sites (N-methyl/N-ethyl adjacent to an activating group) is 2. The van der Waals surface area contributed by atoms with Crippen LogP contribution in [0.15, 0.2) is 108 Å². The maximum atomic E-state index is 13.9. The fraction of sp³-hybridized carbons (Fsp3) is 0.229. The van der Waals surface area contributed by atoms with Crippen LogP contribution in [0.1, 0.15) is 49.9 Å². The number of rotatable bonds is 2.